The first-order chi connectivity index (χ1) is 18.2. The Morgan fingerprint density at radius 2 is 2.00 bits per heavy atom. The molecule has 2 aliphatic rings. The van der Waals surface area contributed by atoms with Crippen LogP contribution < -0.4 is 16.0 Å². The zero-order valence-electron chi connectivity index (χ0n) is 22.3. The number of hydrogen-bond acceptors (Lipinski definition) is 5. The molecule has 2 fully saturated rings. The number of benzene rings is 1. The van der Waals surface area contributed by atoms with Crippen molar-refractivity contribution in [2.45, 2.75) is 63.0 Å². The van der Waals surface area contributed by atoms with Crippen molar-refractivity contribution in [2.75, 3.05) is 46.9 Å². The van der Waals surface area contributed by atoms with E-state index >= 15 is 0 Å². The summed E-state index contributed by atoms with van der Waals surface area (Å²) in [5.41, 5.74) is 0.921. The highest BCUT2D eigenvalue weighted by Crippen LogP contribution is 2.38. The molecule has 1 unspecified atom stereocenters. The van der Waals surface area contributed by atoms with Crippen LogP contribution >= 0.6 is 11.6 Å². The van der Waals surface area contributed by atoms with Gasteiger partial charge in [0.15, 0.2) is 0 Å². The van der Waals surface area contributed by atoms with Gasteiger partial charge in [-0.25, -0.2) is 18.4 Å². The minimum atomic E-state index is -2.56. The predicted octanol–water partition coefficient (Wildman–Crippen LogP) is 4.98. The summed E-state index contributed by atoms with van der Waals surface area (Å²) < 4.78 is 38.0. The van der Waals surface area contributed by atoms with E-state index < -0.39 is 12.0 Å². The first-order valence-corrected chi connectivity index (χ1v) is 13.8. The van der Waals surface area contributed by atoms with Gasteiger partial charge in [0.2, 0.25) is 5.92 Å². The van der Waals surface area contributed by atoms with E-state index in [9.17, 15) is 18.4 Å². The first-order valence-electron chi connectivity index (χ1n) is 13.5. The third kappa shape index (κ3) is 9.54. The van der Waals surface area contributed by atoms with Crippen molar-refractivity contribution < 1.29 is 27.8 Å². The summed E-state index contributed by atoms with van der Waals surface area (Å²) in [6.45, 7) is 2.29. The monoisotopic (exact) mass is 558 g/mol. The fourth-order valence-electron chi connectivity index (χ4n) is 5.48. The summed E-state index contributed by atoms with van der Waals surface area (Å²) in [6, 6.07) is 7.23. The van der Waals surface area contributed by atoms with Crippen LogP contribution in [0.2, 0.25) is 5.02 Å². The van der Waals surface area contributed by atoms with Crippen LogP contribution in [-0.4, -0.2) is 75.9 Å². The van der Waals surface area contributed by atoms with E-state index in [2.05, 4.69) is 20.7 Å². The van der Waals surface area contributed by atoms with Crippen molar-refractivity contribution >= 4 is 23.7 Å². The minimum Gasteiger partial charge on any atom is -0.453 e. The molecule has 1 saturated carbocycles. The number of alkyl carbamates (subject to hydrolysis) is 1. The van der Waals surface area contributed by atoms with Crippen molar-refractivity contribution in [2.24, 2.45) is 11.8 Å². The zero-order chi connectivity index (χ0) is 27.5. The number of rotatable bonds is 11. The molecule has 3 amide bonds. The maximum absolute atomic E-state index is 13.6. The minimum absolute atomic E-state index is 0.0365. The van der Waals surface area contributed by atoms with Crippen LogP contribution in [0.3, 0.4) is 0 Å². The average Bonchev–Trinajstić information content (AvgIpc) is 2.90. The molecule has 3 rings (SSSR count). The van der Waals surface area contributed by atoms with Gasteiger partial charge in [-0.15, -0.1) is 0 Å². The van der Waals surface area contributed by atoms with E-state index in [-0.39, 0.29) is 49.5 Å². The van der Waals surface area contributed by atoms with Gasteiger partial charge in [0.05, 0.1) is 19.8 Å². The molecule has 1 heterocycles. The van der Waals surface area contributed by atoms with Crippen LogP contribution in [0.4, 0.5) is 18.4 Å². The first kappa shape index (κ1) is 30.4. The Hall–Kier alpha value is -2.17. The van der Waals surface area contributed by atoms with E-state index in [0.29, 0.717) is 50.5 Å². The summed E-state index contributed by atoms with van der Waals surface area (Å²) >= 11 is 6.26. The van der Waals surface area contributed by atoms with Crippen molar-refractivity contribution in [1.29, 1.82) is 0 Å². The molecule has 0 spiro atoms. The largest absolute Gasteiger partial charge is 0.453 e. The number of nitrogens with one attached hydrogen (secondary N) is 3. The number of halogens is 3. The van der Waals surface area contributed by atoms with Crippen LogP contribution in [0.15, 0.2) is 24.3 Å². The second-order valence-corrected chi connectivity index (χ2v) is 10.8. The second kappa shape index (κ2) is 14.8. The molecular weight excluding hydrogens is 518 g/mol. The molecule has 0 radical (unpaired) electrons. The standard InChI is InChI=1S/C27H41ClF2N4O4/c1-31-17-23(15-19-8-10-27(29,30)11-9-19)33-25(35)34-13-4-6-21(18-34)24(20-5-3-7-22(28)16-20)38-14-12-32-26(36)37-2/h3,5,7,16,19,21,23-24,31H,4,6,8-15,17-18H2,1-2H3,(H,32,36)(H,33,35)/t21-,23+,24?/m1/s1. The Labute approximate surface area is 229 Å². The highest BCUT2D eigenvalue weighted by atomic mass is 35.5. The van der Waals surface area contributed by atoms with Crippen molar-refractivity contribution in [3.63, 3.8) is 0 Å². The Bertz CT molecular complexity index is 900. The van der Waals surface area contributed by atoms with Crippen LogP contribution in [0, 0.1) is 11.8 Å². The van der Waals surface area contributed by atoms with Gasteiger partial charge in [-0.3, -0.25) is 0 Å². The summed E-state index contributed by atoms with van der Waals surface area (Å²) in [7, 11) is 3.13. The lowest BCUT2D eigenvalue weighted by atomic mass is 9.83. The highest BCUT2D eigenvalue weighted by Gasteiger charge is 2.36. The smallest absolute Gasteiger partial charge is 0.406 e. The number of carbonyl (C=O) groups excluding carboxylic acids is 2. The maximum atomic E-state index is 13.6. The Balaban J connectivity index is 1.61. The van der Waals surface area contributed by atoms with Gasteiger partial charge in [0.1, 0.15) is 0 Å². The van der Waals surface area contributed by atoms with E-state index in [0.717, 1.165) is 18.4 Å². The van der Waals surface area contributed by atoms with Crippen LogP contribution in [0.5, 0.6) is 0 Å². The number of piperidine rings is 1. The van der Waals surface area contributed by atoms with Crippen molar-refractivity contribution in [3.8, 4) is 0 Å². The quantitative estimate of drug-likeness (QED) is 0.333. The molecule has 0 aromatic heterocycles. The molecular formula is C27H41ClF2N4O4. The summed E-state index contributed by atoms with van der Waals surface area (Å²) in [6.07, 6.45) is 2.37. The summed E-state index contributed by atoms with van der Waals surface area (Å²) in [5, 5.41) is 9.49. The topological polar surface area (TPSA) is 91.9 Å². The zero-order valence-corrected chi connectivity index (χ0v) is 23.1. The number of methoxy groups -OCH3 is 1. The highest BCUT2D eigenvalue weighted by molar-refractivity contribution is 6.30. The number of urea groups is 1. The average molecular weight is 559 g/mol. The molecule has 1 aromatic carbocycles. The third-order valence-corrected chi connectivity index (χ3v) is 7.67. The molecule has 1 saturated heterocycles. The van der Waals surface area contributed by atoms with Crippen LogP contribution in [0.1, 0.15) is 56.6 Å². The number of carbonyl (C=O) groups is 2. The molecule has 0 bridgehead atoms. The van der Waals surface area contributed by atoms with Gasteiger partial charge in [0.25, 0.3) is 0 Å². The Morgan fingerprint density at radius 1 is 1.24 bits per heavy atom. The number of hydrogen-bond donors (Lipinski definition) is 3. The van der Waals surface area contributed by atoms with Gasteiger partial charge in [-0.05, 0) is 62.8 Å². The molecule has 1 aliphatic carbocycles. The van der Waals surface area contributed by atoms with Crippen LogP contribution in [-0.2, 0) is 9.47 Å². The number of likely N-dealkylation sites (tertiary alicyclic amines) is 1. The van der Waals surface area contributed by atoms with E-state index in [1.807, 2.05) is 30.1 Å². The van der Waals surface area contributed by atoms with Crippen molar-refractivity contribution in [3.05, 3.63) is 34.9 Å². The molecule has 38 heavy (non-hydrogen) atoms. The van der Waals surface area contributed by atoms with E-state index in [1.54, 1.807) is 6.07 Å². The van der Waals surface area contributed by atoms with Gasteiger partial charge in [-0.2, -0.15) is 0 Å². The lowest BCUT2D eigenvalue weighted by Crippen LogP contribution is -2.52. The van der Waals surface area contributed by atoms with E-state index in [4.69, 9.17) is 16.3 Å². The molecule has 1 aliphatic heterocycles. The second-order valence-electron chi connectivity index (χ2n) is 10.4. The number of likely N-dealkylation sites (N-methyl/N-ethyl adjacent to an activating group) is 1. The summed E-state index contributed by atoms with van der Waals surface area (Å²) in [5.74, 6) is -2.34. The fraction of sp³-hybridized carbons (Fsp3) is 0.704. The normalized spacial score (nSPS) is 21.4. The molecule has 8 nitrogen and oxygen atoms in total. The molecule has 11 heteroatoms. The number of ether oxygens (including phenoxy) is 2. The van der Waals surface area contributed by atoms with E-state index in [1.165, 1.54) is 7.11 Å². The lowest BCUT2D eigenvalue weighted by molar-refractivity contribution is -0.0473. The maximum Gasteiger partial charge on any atom is 0.406 e. The lowest BCUT2D eigenvalue weighted by Gasteiger charge is -2.38. The number of alkyl halides is 2. The number of amides is 3. The van der Waals surface area contributed by atoms with Gasteiger partial charge >= 0.3 is 12.1 Å². The molecule has 3 N–H and O–H groups in total. The number of nitrogens with zero attached hydrogens (tertiary/aromatic N) is 1. The van der Waals surface area contributed by atoms with Crippen LogP contribution in [0.25, 0.3) is 0 Å². The Morgan fingerprint density at radius 3 is 2.68 bits per heavy atom. The van der Waals surface area contributed by atoms with Gasteiger partial charge in [-0.1, -0.05) is 23.7 Å². The predicted molar refractivity (Wildman–Crippen MR) is 143 cm³/mol. The van der Waals surface area contributed by atoms with Gasteiger partial charge < -0.3 is 30.3 Å². The third-order valence-electron chi connectivity index (χ3n) is 7.44. The SMILES string of the molecule is CNC[C@H](CC1CCC(F)(F)CC1)NC(=O)N1CCC[C@@H](C(OCCNC(=O)OC)c2cccc(Cl)c2)C1. The van der Waals surface area contributed by atoms with Crippen molar-refractivity contribution in [1.82, 2.24) is 20.9 Å². The van der Waals surface area contributed by atoms with Gasteiger partial charge in [0, 0.05) is 56.0 Å². The Kier molecular flexibility index (Phi) is 11.9. The molecule has 3 atom stereocenters. The molecule has 1 aromatic rings. The summed E-state index contributed by atoms with van der Waals surface area (Å²) in [4.78, 5) is 26.5. The fourth-order valence-corrected chi connectivity index (χ4v) is 5.68. The molecule has 214 valence electrons.